The Morgan fingerprint density at radius 2 is 1.97 bits per heavy atom. The summed E-state index contributed by atoms with van der Waals surface area (Å²) >= 11 is 0. The summed E-state index contributed by atoms with van der Waals surface area (Å²) in [6.45, 7) is 15.1. The maximum atomic E-state index is 6.15. The average Bonchev–Trinajstić information content (AvgIpc) is 3.03. The summed E-state index contributed by atoms with van der Waals surface area (Å²) in [5.74, 6) is 0.241. The fourth-order valence-corrected chi connectivity index (χ4v) is 3.23. The van der Waals surface area contributed by atoms with Crippen molar-refractivity contribution in [1.29, 1.82) is 0 Å². The van der Waals surface area contributed by atoms with E-state index in [1.54, 1.807) is 0 Å². The number of allylic oxidation sites excluding steroid dienone is 4. The first-order valence-electron chi connectivity index (χ1n) is 10.0. The van der Waals surface area contributed by atoms with Crippen LogP contribution < -0.4 is 11.1 Å². The standard InChI is InChI=1S/C23H29N5.C2H2/c1-6-7-19-10-8-18(9-11-20(19)24)14-25-17(5)21-12-22(15(2)3)28-23(27-21)16(4)13-26-28;1-2/h8-13,18,25H,2,5-7,14,24H2,1,3-4H3;1-2H. The number of terminal acetylenes is 1. The Morgan fingerprint density at radius 3 is 2.63 bits per heavy atom. The van der Waals surface area contributed by atoms with Gasteiger partial charge in [-0.15, -0.1) is 12.8 Å². The fourth-order valence-electron chi connectivity index (χ4n) is 3.23. The van der Waals surface area contributed by atoms with Crippen molar-refractivity contribution in [2.45, 2.75) is 33.6 Å². The first-order valence-corrected chi connectivity index (χ1v) is 10.0. The van der Waals surface area contributed by atoms with E-state index in [9.17, 15) is 0 Å². The molecule has 1 aliphatic rings. The zero-order valence-corrected chi connectivity index (χ0v) is 18.2. The van der Waals surface area contributed by atoms with Crippen LogP contribution in [0.15, 0.2) is 61.0 Å². The third-order valence-electron chi connectivity index (χ3n) is 4.90. The number of hydrogen-bond donors (Lipinski definition) is 2. The molecule has 0 amide bonds. The van der Waals surface area contributed by atoms with Gasteiger partial charge in [0.2, 0.25) is 0 Å². The van der Waals surface area contributed by atoms with E-state index in [1.165, 1.54) is 5.57 Å². The third kappa shape index (κ3) is 5.09. The quantitative estimate of drug-likeness (QED) is 0.664. The van der Waals surface area contributed by atoms with E-state index in [1.807, 2.05) is 36.7 Å². The lowest BCUT2D eigenvalue weighted by atomic mass is 10.1. The van der Waals surface area contributed by atoms with Crippen molar-refractivity contribution in [2.24, 2.45) is 11.7 Å². The second-order valence-corrected chi connectivity index (χ2v) is 7.34. The van der Waals surface area contributed by atoms with Gasteiger partial charge in [0.05, 0.1) is 23.3 Å². The Morgan fingerprint density at radius 1 is 1.27 bits per heavy atom. The topological polar surface area (TPSA) is 68.2 Å². The van der Waals surface area contributed by atoms with Crippen molar-refractivity contribution in [3.63, 3.8) is 0 Å². The number of rotatable bonds is 7. The molecule has 1 unspecified atom stereocenters. The van der Waals surface area contributed by atoms with Gasteiger partial charge in [-0.3, -0.25) is 0 Å². The van der Waals surface area contributed by atoms with E-state index >= 15 is 0 Å². The van der Waals surface area contributed by atoms with Crippen molar-refractivity contribution in [1.82, 2.24) is 19.9 Å². The van der Waals surface area contributed by atoms with Gasteiger partial charge >= 0.3 is 0 Å². The predicted octanol–water partition coefficient (Wildman–Crippen LogP) is 4.64. The molecule has 0 bridgehead atoms. The zero-order chi connectivity index (χ0) is 22.3. The van der Waals surface area contributed by atoms with Gasteiger partial charge in [-0.05, 0) is 43.6 Å². The minimum Gasteiger partial charge on any atom is -0.399 e. The number of aryl methyl sites for hydroxylation is 1. The van der Waals surface area contributed by atoms with E-state index in [4.69, 9.17) is 10.7 Å². The zero-order valence-electron chi connectivity index (χ0n) is 18.2. The molecule has 0 fully saturated rings. The van der Waals surface area contributed by atoms with Crippen LogP contribution in [0.5, 0.6) is 0 Å². The summed E-state index contributed by atoms with van der Waals surface area (Å²) in [7, 11) is 0. The molecular formula is C25H31N5. The van der Waals surface area contributed by atoms with Crippen molar-refractivity contribution in [2.75, 3.05) is 6.54 Å². The molecule has 2 heterocycles. The number of nitrogens with two attached hydrogens (primary N) is 1. The lowest BCUT2D eigenvalue weighted by molar-refractivity contribution is 0.739. The summed E-state index contributed by atoms with van der Waals surface area (Å²) in [5.41, 5.74) is 13.5. The highest BCUT2D eigenvalue weighted by Gasteiger charge is 2.13. The highest BCUT2D eigenvalue weighted by atomic mass is 15.3. The molecule has 1 aliphatic carbocycles. The summed E-state index contributed by atoms with van der Waals surface area (Å²) in [4.78, 5) is 4.74. The van der Waals surface area contributed by atoms with Gasteiger partial charge in [-0.2, -0.15) is 5.10 Å². The summed E-state index contributed by atoms with van der Waals surface area (Å²) in [5, 5.41) is 7.83. The molecule has 5 nitrogen and oxygen atoms in total. The first-order chi connectivity index (χ1) is 14.4. The van der Waals surface area contributed by atoms with Crippen LogP contribution in [0.2, 0.25) is 0 Å². The number of hydrogen-bond acceptors (Lipinski definition) is 4. The molecular weight excluding hydrogens is 370 g/mol. The lowest BCUT2D eigenvalue weighted by Gasteiger charge is -2.14. The van der Waals surface area contributed by atoms with Gasteiger partial charge in [0.15, 0.2) is 5.65 Å². The first kappa shape index (κ1) is 22.8. The van der Waals surface area contributed by atoms with Gasteiger partial charge in [0.1, 0.15) is 0 Å². The molecule has 0 aliphatic heterocycles. The van der Waals surface area contributed by atoms with Crippen LogP contribution in [0, 0.1) is 25.7 Å². The Labute approximate surface area is 179 Å². The third-order valence-corrected chi connectivity index (χ3v) is 4.90. The van der Waals surface area contributed by atoms with Gasteiger partial charge in [0.25, 0.3) is 0 Å². The van der Waals surface area contributed by atoms with Gasteiger partial charge in [0, 0.05) is 23.7 Å². The number of nitrogens with one attached hydrogen (secondary N) is 1. The number of fused-ring (bicyclic) bond motifs is 1. The minimum absolute atomic E-state index is 0.241. The smallest absolute Gasteiger partial charge is 0.159 e. The molecule has 1 atom stereocenters. The largest absolute Gasteiger partial charge is 0.399 e. The molecule has 0 spiro atoms. The minimum atomic E-state index is 0.241. The molecule has 0 aromatic carbocycles. The van der Waals surface area contributed by atoms with Crippen molar-refractivity contribution >= 4 is 16.9 Å². The molecule has 0 saturated heterocycles. The summed E-state index contributed by atoms with van der Waals surface area (Å²) < 4.78 is 1.83. The Bertz CT molecular complexity index is 1050. The Hall–Kier alpha value is -3.52. The molecule has 5 heteroatoms. The van der Waals surface area contributed by atoms with Crippen molar-refractivity contribution < 1.29 is 0 Å². The van der Waals surface area contributed by atoms with Crippen molar-refractivity contribution in [3.05, 3.63) is 77.9 Å². The molecule has 3 N–H and O–H groups in total. The predicted molar refractivity (Wildman–Crippen MR) is 127 cm³/mol. The van der Waals surface area contributed by atoms with Crippen LogP contribution in [0.4, 0.5) is 0 Å². The van der Waals surface area contributed by atoms with Gasteiger partial charge in [-0.1, -0.05) is 44.7 Å². The second-order valence-electron chi connectivity index (χ2n) is 7.34. The molecule has 2 aromatic heterocycles. The fraction of sp³-hybridized carbons (Fsp3) is 0.280. The van der Waals surface area contributed by atoms with E-state index in [-0.39, 0.29) is 5.92 Å². The molecule has 156 valence electrons. The van der Waals surface area contributed by atoms with E-state index in [0.717, 1.165) is 59.0 Å². The molecule has 0 saturated carbocycles. The van der Waals surface area contributed by atoms with Gasteiger partial charge in [-0.25, -0.2) is 9.50 Å². The second kappa shape index (κ2) is 10.3. The van der Waals surface area contributed by atoms with E-state index in [2.05, 4.69) is 61.6 Å². The summed E-state index contributed by atoms with van der Waals surface area (Å²) in [6.07, 6.45) is 20.4. The van der Waals surface area contributed by atoms with Crippen LogP contribution in [-0.4, -0.2) is 21.1 Å². The monoisotopic (exact) mass is 401 g/mol. The van der Waals surface area contributed by atoms with E-state index in [0.29, 0.717) is 0 Å². The van der Waals surface area contributed by atoms with E-state index < -0.39 is 0 Å². The molecule has 3 rings (SSSR count). The number of aromatic nitrogens is 3. The van der Waals surface area contributed by atoms with Crippen LogP contribution in [0.3, 0.4) is 0 Å². The average molecular weight is 402 g/mol. The molecule has 0 radical (unpaired) electrons. The molecule has 2 aromatic rings. The maximum absolute atomic E-state index is 6.15. The Kier molecular flexibility index (Phi) is 7.83. The highest BCUT2D eigenvalue weighted by Crippen LogP contribution is 2.21. The normalized spacial score (nSPS) is 15.4. The van der Waals surface area contributed by atoms with Crippen LogP contribution in [0.1, 0.15) is 43.6 Å². The van der Waals surface area contributed by atoms with Gasteiger partial charge < -0.3 is 11.1 Å². The highest BCUT2D eigenvalue weighted by molar-refractivity contribution is 5.68. The van der Waals surface area contributed by atoms with Crippen molar-refractivity contribution in [3.8, 4) is 12.8 Å². The SMILES string of the molecule is C#C.C=C(NCC1C=CC(N)=C(CCC)C=C1)c1cc(C(=C)C)n2ncc(C)c2n1. The molecule has 30 heavy (non-hydrogen) atoms. The van der Waals surface area contributed by atoms with Crippen LogP contribution in [-0.2, 0) is 0 Å². The van der Waals surface area contributed by atoms with Crippen LogP contribution >= 0.6 is 0 Å². The lowest BCUT2D eigenvalue weighted by Crippen LogP contribution is -2.20. The summed E-state index contributed by atoms with van der Waals surface area (Å²) in [6, 6.07) is 1.98. The Balaban J connectivity index is 0.00000155. The van der Waals surface area contributed by atoms with Crippen LogP contribution in [0.25, 0.3) is 16.9 Å². The maximum Gasteiger partial charge on any atom is 0.159 e. The number of nitrogens with zero attached hydrogens (tertiary/aromatic N) is 3.